The first-order valence-electron chi connectivity index (χ1n) is 5.52. The first kappa shape index (κ1) is 11.4. The van der Waals surface area contributed by atoms with E-state index in [-0.39, 0.29) is 16.5 Å². The molecule has 0 fully saturated rings. The largest absolute Gasteiger partial charge is 0.505 e. The van der Waals surface area contributed by atoms with E-state index in [9.17, 15) is 14.3 Å². The molecule has 0 aliphatic carbocycles. The summed E-state index contributed by atoms with van der Waals surface area (Å²) in [5.74, 6) is -1.18. The van der Waals surface area contributed by atoms with Crippen LogP contribution in [0.2, 0.25) is 0 Å². The van der Waals surface area contributed by atoms with Crippen molar-refractivity contribution >= 4 is 11.1 Å². The van der Waals surface area contributed by atoms with Crippen molar-refractivity contribution in [2.75, 3.05) is 0 Å². The third-order valence-corrected chi connectivity index (χ3v) is 2.82. The summed E-state index contributed by atoms with van der Waals surface area (Å²) in [4.78, 5) is 15.8. The molecule has 0 saturated carbocycles. The maximum absolute atomic E-state index is 13.4. The van der Waals surface area contributed by atoms with Gasteiger partial charge in [-0.15, -0.1) is 0 Å². The summed E-state index contributed by atoms with van der Waals surface area (Å²) in [6.45, 7) is 0. The molecule has 3 rings (SSSR count). The Kier molecular flexibility index (Phi) is 2.52. The van der Waals surface area contributed by atoms with Crippen molar-refractivity contribution in [1.82, 2.24) is 4.98 Å². The van der Waals surface area contributed by atoms with Crippen LogP contribution in [0.4, 0.5) is 4.39 Å². The van der Waals surface area contributed by atoms with Crippen LogP contribution in [-0.2, 0) is 0 Å². The third-order valence-electron chi connectivity index (χ3n) is 2.82. The first-order valence-corrected chi connectivity index (χ1v) is 5.52. The van der Waals surface area contributed by atoms with Gasteiger partial charge in [0, 0.05) is 12.3 Å². The normalized spacial score (nSPS) is 10.8. The van der Waals surface area contributed by atoms with Gasteiger partial charge in [0.25, 0.3) is 0 Å². The average molecular weight is 257 g/mol. The molecule has 94 valence electrons. The maximum atomic E-state index is 13.4. The molecule has 0 unspecified atom stereocenters. The van der Waals surface area contributed by atoms with Crippen molar-refractivity contribution in [2.24, 2.45) is 0 Å². The molecule has 19 heavy (non-hydrogen) atoms. The number of pyridine rings is 1. The standard InChI is InChI=1S/C14H8FNO3/c15-10-7-8(1-2-11(10)17)9-3-5-16-14-13(9)12(18)4-6-19-14/h1-7,17H. The zero-order valence-corrected chi connectivity index (χ0v) is 9.63. The fourth-order valence-electron chi connectivity index (χ4n) is 1.93. The van der Waals surface area contributed by atoms with Gasteiger partial charge in [0.15, 0.2) is 17.0 Å². The highest BCUT2D eigenvalue weighted by molar-refractivity contribution is 5.91. The lowest BCUT2D eigenvalue weighted by Gasteiger charge is -2.05. The number of halogens is 1. The molecule has 0 aliphatic heterocycles. The van der Waals surface area contributed by atoms with E-state index in [1.807, 2.05) is 0 Å². The van der Waals surface area contributed by atoms with Gasteiger partial charge in [-0.25, -0.2) is 9.37 Å². The lowest BCUT2D eigenvalue weighted by molar-refractivity contribution is 0.432. The molecule has 2 heterocycles. The fourth-order valence-corrected chi connectivity index (χ4v) is 1.93. The molecule has 5 heteroatoms. The van der Waals surface area contributed by atoms with E-state index in [2.05, 4.69) is 4.98 Å². The van der Waals surface area contributed by atoms with Crippen molar-refractivity contribution < 1.29 is 13.9 Å². The predicted octanol–water partition coefficient (Wildman–Crippen LogP) is 2.70. The lowest BCUT2D eigenvalue weighted by Crippen LogP contribution is -2.01. The first-order chi connectivity index (χ1) is 9.16. The SMILES string of the molecule is O=c1ccoc2nccc(-c3ccc(O)c(F)c3)c12. The van der Waals surface area contributed by atoms with E-state index >= 15 is 0 Å². The fraction of sp³-hybridized carbons (Fsp3) is 0. The Balaban J connectivity index is 2.36. The number of phenols is 1. The van der Waals surface area contributed by atoms with Crippen LogP contribution >= 0.6 is 0 Å². The predicted molar refractivity (Wildman–Crippen MR) is 67.3 cm³/mol. The third kappa shape index (κ3) is 1.85. The van der Waals surface area contributed by atoms with E-state index in [0.29, 0.717) is 11.1 Å². The Hall–Kier alpha value is -2.69. The molecular weight excluding hydrogens is 249 g/mol. The van der Waals surface area contributed by atoms with E-state index < -0.39 is 11.6 Å². The Morgan fingerprint density at radius 2 is 2.05 bits per heavy atom. The van der Waals surface area contributed by atoms with E-state index in [1.165, 1.54) is 30.7 Å². The topological polar surface area (TPSA) is 63.3 Å². The molecule has 2 aromatic heterocycles. The van der Waals surface area contributed by atoms with Crippen molar-refractivity contribution in [3.8, 4) is 16.9 Å². The smallest absolute Gasteiger partial charge is 0.230 e. The minimum Gasteiger partial charge on any atom is -0.505 e. The summed E-state index contributed by atoms with van der Waals surface area (Å²) in [6, 6.07) is 6.81. The van der Waals surface area contributed by atoms with Crippen molar-refractivity contribution in [1.29, 1.82) is 0 Å². The van der Waals surface area contributed by atoms with Gasteiger partial charge in [-0.2, -0.15) is 0 Å². The number of rotatable bonds is 1. The maximum Gasteiger partial charge on any atom is 0.230 e. The molecule has 1 N–H and O–H groups in total. The minimum absolute atomic E-state index is 0.193. The minimum atomic E-state index is -0.747. The summed E-state index contributed by atoms with van der Waals surface area (Å²) < 4.78 is 18.6. The summed E-state index contributed by atoms with van der Waals surface area (Å²) in [6.07, 6.45) is 2.74. The van der Waals surface area contributed by atoms with Gasteiger partial charge in [-0.3, -0.25) is 4.79 Å². The second kappa shape index (κ2) is 4.20. The molecule has 1 aromatic carbocycles. The van der Waals surface area contributed by atoms with Crippen LogP contribution in [0.1, 0.15) is 0 Å². The second-order valence-electron chi connectivity index (χ2n) is 3.99. The van der Waals surface area contributed by atoms with Crippen LogP contribution in [0.15, 0.2) is 52.0 Å². The second-order valence-corrected chi connectivity index (χ2v) is 3.99. The van der Waals surface area contributed by atoms with Gasteiger partial charge >= 0.3 is 0 Å². The monoisotopic (exact) mass is 257 g/mol. The Labute approximate surface area is 106 Å². The van der Waals surface area contributed by atoms with Crippen LogP contribution in [0, 0.1) is 5.82 Å². The number of hydrogen-bond donors (Lipinski definition) is 1. The number of aromatic nitrogens is 1. The Morgan fingerprint density at radius 1 is 1.21 bits per heavy atom. The van der Waals surface area contributed by atoms with Gasteiger partial charge in [0.1, 0.15) is 0 Å². The van der Waals surface area contributed by atoms with Gasteiger partial charge < -0.3 is 9.52 Å². The molecule has 0 atom stereocenters. The number of phenolic OH excluding ortho intramolecular Hbond substituents is 1. The van der Waals surface area contributed by atoms with E-state index in [4.69, 9.17) is 4.42 Å². The Bertz CT molecular complexity index is 821. The van der Waals surface area contributed by atoms with Crippen LogP contribution in [-0.4, -0.2) is 10.1 Å². The molecule has 4 nitrogen and oxygen atoms in total. The number of hydrogen-bond acceptors (Lipinski definition) is 4. The highest BCUT2D eigenvalue weighted by Crippen LogP contribution is 2.28. The van der Waals surface area contributed by atoms with Gasteiger partial charge in [0.2, 0.25) is 5.71 Å². The van der Waals surface area contributed by atoms with E-state index in [1.54, 1.807) is 6.07 Å². The van der Waals surface area contributed by atoms with Gasteiger partial charge in [-0.05, 0) is 29.3 Å². The van der Waals surface area contributed by atoms with Crippen LogP contribution in [0.3, 0.4) is 0 Å². The van der Waals surface area contributed by atoms with Crippen LogP contribution in [0.5, 0.6) is 5.75 Å². The van der Waals surface area contributed by atoms with Crippen molar-refractivity contribution in [2.45, 2.75) is 0 Å². The molecular formula is C14H8FNO3. The summed E-state index contributed by atoms with van der Waals surface area (Å²) in [5, 5.41) is 9.48. The molecule has 0 radical (unpaired) electrons. The van der Waals surface area contributed by atoms with Crippen LogP contribution < -0.4 is 5.43 Å². The van der Waals surface area contributed by atoms with E-state index in [0.717, 1.165) is 6.07 Å². The van der Waals surface area contributed by atoms with Gasteiger partial charge in [-0.1, -0.05) is 6.07 Å². The van der Waals surface area contributed by atoms with Crippen LogP contribution in [0.25, 0.3) is 22.2 Å². The zero-order valence-electron chi connectivity index (χ0n) is 9.63. The number of benzene rings is 1. The molecule has 0 aliphatic rings. The molecule has 0 amide bonds. The number of fused-ring (bicyclic) bond motifs is 1. The van der Waals surface area contributed by atoms with Crippen molar-refractivity contribution in [3.63, 3.8) is 0 Å². The zero-order chi connectivity index (χ0) is 13.4. The summed E-state index contributed by atoms with van der Waals surface area (Å²) in [5.41, 5.74) is 0.927. The Morgan fingerprint density at radius 3 is 2.84 bits per heavy atom. The number of aromatic hydroxyl groups is 1. The highest BCUT2D eigenvalue weighted by atomic mass is 19.1. The molecule has 0 saturated heterocycles. The molecule has 3 aromatic rings. The van der Waals surface area contributed by atoms with Crippen molar-refractivity contribution in [3.05, 3.63) is 58.8 Å². The highest BCUT2D eigenvalue weighted by Gasteiger charge is 2.11. The number of nitrogens with zero attached hydrogens (tertiary/aromatic N) is 1. The van der Waals surface area contributed by atoms with Gasteiger partial charge in [0.05, 0.1) is 11.6 Å². The summed E-state index contributed by atoms with van der Waals surface area (Å²) >= 11 is 0. The summed E-state index contributed by atoms with van der Waals surface area (Å²) in [7, 11) is 0. The molecule has 0 spiro atoms. The molecule has 0 bridgehead atoms. The quantitative estimate of drug-likeness (QED) is 0.728. The average Bonchev–Trinajstić information content (AvgIpc) is 2.42. The lowest BCUT2D eigenvalue weighted by atomic mass is 10.0.